The lowest BCUT2D eigenvalue weighted by Crippen LogP contribution is -2.13. The molecule has 0 aliphatic carbocycles. The lowest BCUT2D eigenvalue weighted by molar-refractivity contribution is 0.776. The summed E-state index contributed by atoms with van der Waals surface area (Å²) in [6, 6.07) is 11.3. The third kappa shape index (κ3) is 3.19. The smallest absolute Gasteiger partial charge is 0.272 e. The summed E-state index contributed by atoms with van der Waals surface area (Å²) in [6.07, 6.45) is 3.58. The zero-order chi connectivity index (χ0) is 22.2. The van der Waals surface area contributed by atoms with E-state index < -0.39 is 0 Å². The molecule has 0 aliphatic rings. The van der Waals surface area contributed by atoms with Crippen molar-refractivity contribution in [2.75, 3.05) is 0 Å². The Morgan fingerprint density at radius 2 is 1.94 bits per heavy atom. The van der Waals surface area contributed by atoms with Crippen LogP contribution in [-0.4, -0.2) is 24.4 Å². The fourth-order valence-corrected chi connectivity index (χ4v) is 4.41. The van der Waals surface area contributed by atoms with Crippen LogP contribution in [0.1, 0.15) is 5.69 Å². The van der Waals surface area contributed by atoms with Crippen molar-refractivity contribution in [2.45, 2.75) is 6.54 Å². The Morgan fingerprint density at radius 3 is 2.69 bits per heavy atom. The predicted octanol–water partition coefficient (Wildman–Crippen LogP) is 4.12. The first kappa shape index (κ1) is 19.8. The molecule has 9 heteroatoms. The number of benzene rings is 2. The molecule has 32 heavy (non-hydrogen) atoms. The summed E-state index contributed by atoms with van der Waals surface area (Å²) in [6.45, 7) is 7.89. The first-order chi connectivity index (χ1) is 15.6. The lowest BCUT2D eigenvalue weighted by Gasteiger charge is -2.12. The van der Waals surface area contributed by atoms with Crippen LogP contribution < -0.4 is 11.3 Å². The first-order valence-corrected chi connectivity index (χ1v) is 10.6. The molecule has 8 nitrogen and oxygen atoms in total. The Morgan fingerprint density at radius 1 is 1.09 bits per heavy atom. The molecule has 3 N–H and O–H groups in total. The maximum atomic E-state index is 12.2. The van der Waals surface area contributed by atoms with E-state index in [0.717, 1.165) is 33.5 Å². The maximum absolute atomic E-state index is 12.2. The summed E-state index contributed by atoms with van der Waals surface area (Å²) in [5.74, 6) is 0. The molecule has 0 spiro atoms. The highest BCUT2D eigenvalue weighted by atomic mass is 32.1. The van der Waals surface area contributed by atoms with Gasteiger partial charge >= 0.3 is 0 Å². The van der Waals surface area contributed by atoms with Crippen molar-refractivity contribution in [3.05, 3.63) is 81.6 Å². The summed E-state index contributed by atoms with van der Waals surface area (Å²) in [5, 5.41) is 14.3. The number of aromatic amines is 1. The molecule has 5 aromatic rings. The standard InChI is InChI=1S/C23H17N7OS/c1-25-20-6-4-13(15-10-27-32-12-15)7-18(20)22-19(11-26-30(22)2)14-3-5-16-17(8-14)21(9-24)28-29-23(16)31/h3-8,10-12H,9,24H2,2H3,(H,29,31). The molecular formula is C23H17N7OS. The van der Waals surface area contributed by atoms with Crippen molar-refractivity contribution in [1.29, 1.82) is 0 Å². The Hall–Kier alpha value is -4.13. The third-order valence-corrected chi connectivity index (χ3v) is 6.03. The number of nitrogens with one attached hydrogen (secondary N) is 1. The van der Waals surface area contributed by atoms with Crippen molar-refractivity contribution >= 4 is 28.0 Å². The van der Waals surface area contributed by atoms with Gasteiger partial charge in [-0.25, -0.2) is 14.3 Å². The van der Waals surface area contributed by atoms with Crippen LogP contribution in [0.2, 0.25) is 0 Å². The molecule has 0 atom stereocenters. The maximum Gasteiger partial charge on any atom is 0.272 e. The number of aromatic nitrogens is 5. The molecule has 0 saturated heterocycles. The Bertz CT molecular complexity index is 1560. The zero-order valence-corrected chi connectivity index (χ0v) is 17.8. The number of H-pyrrole nitrogens is 1. The van der Waals surface area contributed by atoms with Crippen LogP contribution in [0.25, 0.3) is 49.1 Å². The average molecular weight is 440 g/mol. The van der Waals surface area contributed by atoms with Crippen LogP contribution in [0.3, 0.4) is 0 Å². The van der Waals surface area contributed by atoms with Gasteiger partial charge in [0.25, 0.3) is 5.56 Å². The molecule has 0 amide bonds. The minimum Gasteiger partial charge on any atom is -0.325 e. The number of rotatable bonds is 4. The van der Waals surface area contributed by atoms with Gasteiger partial charge in [0.1, 0.15) is 0 Å². The molecule has 2 aromatic carbocycles. The molecule has 156 valence electrons. The van der Waals surface area contributed by atoms with E-state index in [0.29, 0.717) is 22.2 Å². The topological polar surface area (TPSA) is 107 Å². The largest absolute Gasteiger partial charge is 0.325 e. The minimum atomic E-state index is -0.262. The minimum absolute atomic E-state index is 0.204. The van der Waals surface area contributed by atoms with Crippen molar-refractivity contribution in [2.24, 2.45) is 12.8 Å². The van der Waals surface area contributed by atoms with E-state index in [1.807, 2.05) is 49.0 Å². The van der Waals surface area contributed by atoms with Crippen molar-refractivity contribution < 1.29 is 0 Å². The zero-order valence-electron chi connectivity index (χ0n) is 17.0. The number of nitrogens with two attached hydrogens (primary N) is 1. The molecule has 0 saturated carbocycles. The molecule has 5 rings (SSSR count). The van der Waals surface area contributed by atoms with Crippen molar-refractivity contribution in [3.8, 4) is 33.5 Å². The second-order valence-electron chi connectivity index (χ2n) is 7.25. The van der Waals surface area contributed by atoms with E-state index in [9.17, 15) is 4.79 Å². The van der Waals surface area contributed by atoms with Crippen molar-refractivity contribution in [1.82, 2.24) is 24.4 Å². The molecule has 0 bridgehead atoms. The highest BCUT2D eigenvalue weighted by Gasteiger charge is 2.18. The van der Waals surface area contributed by atoms with Gasteiger partial charge in [0.2, 0.25) is 0 Å². The summed E-state index contributed by atoms with van der Waals surface area (Å²) in [4.78, 5) is 15.9. The number of aryl methyl sites for hydroxylation is 1. The van der Waals surface area contributed by atoms with E-state index in [1.54, 1.807) is 16.9 Å². The van der Waals surface area contributed by atoms with Gasteiger partial charge in [-0.1, -0.05) is 24.3 Å². The van der Waals surface area contributed by atoms with E-state index >= 15 is 0 Å². The molecule has 3 aromatic heterocycles. The molecule has 0 unspecified atom stereocenters. The number of hydrogen-bond donors (Lipinski definition) is 2. The summed E-state index contributed by atoms with van der Waals surface area (Å²) < 4.78 is 5.95. The fourth-order valence-electron chi connectivity index (χ4n) is 3.86. The highest BCUT2D eigenvalue weighted by Crippen LogP contribution is 2.40. The van der Waals surface area contributed by atoms with E-state index in [2.05, 4.69) is 24.5 Å². The monoisotopic (exact) mass is 439 g/mol. The fraction of sp³-hybridized carbons (Fsp3) is 0.0870. The first-order valence-electron chi connectivity index (χ1n) is 9.76. The summed E-state index contributed by atoms with van der Waals surface area (Å²) in [5.41, 5.74) is 12.0. The number of hydrogen-bond acceptors (Lipinski definition) is 6. The van der Waals surface area contributed by atoms with E-state index in [1.165, 1.54) is 11.5 Å². The van der Waals surface area contributed by atoms with Gasteiger partial charge in [-0.2, -0.15) is 10.2 Å². The van der Waals surface area contributed by atoms with E-state index in [-0.39, 0.29) is 12.1 Å². The van der Waals surface area contributed by atoms with Gasteiger partial charge in [0, 0.05) is 47.2 Å². The van der Waals surface area contributed by atoms with Gasteiger partial charge in [0.15, 0.2) is 5.69 Å². The molecule has 0 radical (unpaired) electrons. The van der Waals surface area contributed by atoms with Gasteiger partial charge in [-0.3, -0.25) is 9.48 Å². The average Bonchev–Trinajstić information content (AvgIpc) is 3.49. The lowest BCUT2D eigenvalue weighted by atomic mass is 9.96. The molecule has 0 fully saturated rings. The molecular weight excluding hydrogens is 422 g/mol. The SMILES string of the molecule is [C-]#[N+]c1ccc(-c2cnsc2)cc1-c1c(-c2ccc3c(=O)[nH]nc(CN)c3c2)cnn1C. The second kappa shape index (κ2) is 7.85. The highest BCUT2D eigenvalue weighted by molar-refractivity contribution is 7.03. The number of nitrogens with zero attached hydrogens (tertiary/aromatic N) is 5. The second-order valence-corrected chi connectivity index (χ2v) is 7.91. The predicted molar refractivity (Wildman–Crippen MR) is 125 cm³/mol. The van der Waals surface area contributed by atoms with Crippen LogP contribution in [0, 0.1) is 6.57 Å². The normalized spacial score (nSPS) is 11.0. The van der Waals surface area contributed by atoms with Crippen LogP contribution >= 0.6 is 11.5 Å². The van der Waals surface area contributed by atoms with Crippen molar-refractivity contribution in [3.63, 3.8) is 0 Å². The Labute approximate surface area is 186 Å². The molecule has 3 heterocycles. The van der Waals surface area contributed by atoms with Crippen LogP contribution in [0.15, 0.2) is 59.0 Å². The van der Waals surface area contributed by atoms with Crippen LogP contribution in [0.5, 0.6) is 0 Å². The van der Waals surface area contributed by atoms with Crippen LogP contribution in [0.4, 0.5) is 5.69 Å². The quantitative estimate of drug-likeness (QED) is 0.410. The van der Waals surface area contributed by atoms with E-state index in [4.69, 9.17) is 12.3 Å². The van der Waals surface area contributed by atoms with Crippen LogP contribution in [-0.2, 0) is 13.6 Å². The number of fused-ring (bicyclic) bond motifs is 1. The van der Waals surface area contributed by atoms with Gasteiger partial charge in [0.05, 0.1) is 29.5 Å². The van der Waals surface area contributed by atoms with Gasteiger partial charge in [-0.05, 0) is 34.8 Å². The van der Waals surface area contributed by atoms with Gasteiger partial charge < -0.3 is 5.73 Å². The van der Waals surface area contributed by atoms with Gasteiger partial charge in [-0.15, -0.1) is 0 Å². The summed E-state index contributed by atoms with van der Waals surface area (Å²) in [7, 11) is 1.85. The summed E-state index contributed by atoms with van der Waals surface area (Å²) >= 11 is 1.38. The third-order valence-electron chi connectivity index (χ3n) is 5.45. The molecule has 0 aliphatic heterocycles. The Kier molecular flexibility index (Phi) is 4.86. The Balaban J connectivity index is 1.74.